The molecule has 222 valence electrons. The van der Waals surface area contributed by atoms with Crippen LogP contribution < -0.4 is 0 Å². The van der Waals surface area contributed by atoms with Crippen LogP contribution in [0.1, 0.15) is 92.5 Å². The lowest BCUT2D eigenvalue weighted by molar-refractivity contribution is 0.0600. The number of carbonyl (C=O) groups excluding carboxylic acids is 2. The molecule has 0 aliphatic carbocycles. The van der Waals surface area contributed by atoms with E-state index < -0.39 is 0 Å². The summed E-state index contributed by atoms with van der Waals surface area (Å²) in [4.78, 5) is 30.7. The first-order valence-corrected chi connectivity index (χ1v) is 15.5. The van der Waals surface area contributed by atoms with Gasteiger partial charge >= 0.3 is 5.97 Å². The van der Waals surface area contributed by atoms with Crippen LogP contribution in [0.3, 0.4) is 0 Å². The number of piperidine rings is 1. The van der Waals surface area contributed by atoms with Crippen molar-refractivity contribution in [1.82, 2.24) is 19.4 Å². The number of hydrogen-bond donors (Lipinski definition) is 0. The maximum absolute atomic E-state index is 13.8. The molecule has 7 heteroatoms. The number of hydrogen-bond acceptors (Lipinski definition) is 5. The number of likely N-dealkylation sites (tertiary alicyclic amines) is 1. The van der Waals surface area contributed by atoms with E-state index in [1.165, 1.54) is 39.5 Å². The fourth-order valence-electron chi connectivity index (χ4n) is 5.61. The van der Waals surface area contributed by atoms with Crippen LogP contribution in [0.15, 0.2) is 42.6 Å². The molecule has 41 heavy (non-hydrogen) atoms. The van der Waals surface area contributed by atoms with Crippen LogP contribution in [-0.4, -0.2) is 71.1 Å². The summed E-state index contributed by atoms with van der Waals surface area (Å²) in [6.07, 6.45) is 9.62. The Labute approximate surface area is 245 Å². The zero-order valence-electron chi connectivity index (χ0n) is 25.7. The lowest BCUT2D eigenvalue weighted by atomic mass is 10.00. The van der Waals surface area contributed by atoms with Gasteiger partial charge in [-0.1, -0.05) is 46.2 Å². The minimum absolute atomic E-state index is 0.0866. The maximum atomic E-state index is 13.8. The Morgan fingerprint density at radius 3 is 2.32 bits per heavy atom. The molecule has 0 N–H and O–H groups in total. The van der Waals surface area contributed by atoms with Crippen LogP contribution in [0, 0.1) is 11.8 Å². The molecule has 0 atom stereocenters. The van der Waals surface area contributed by atoms with Crippen molar-refractivity contribution in [2.24, 2.45) is 11.8 Å². The molecule has 0 saturated carbocycles. The SMILES string of the molecule is COC(=O)c1cccc(-c2nn3ccc(C(=O)N(CCC(C)C)CCC(C)C)cc3c2CCCN2CCCCC2)c1. The third-order valence-electron chi connectivity index (χ3n) is 8.13. The molecule has 0 spiro atoms. The van der Waals surface area contributed by atoms with Crippen molar-refractivity contribution in [3.8, 4) is 11.3 Å². The minimum atomic E-state index is -0.363. The molecule has 0 unspecified atom stereocenters. The quantitative estimate of drug-likeness (QED) is 0.217. The highest BCUT2D eigenvalue weighted by atomic mass is 16.5. The fraction of sp³-hybridized carbons (Fsp3) is 0.559. The Morgan fingerprint density at radius 1 is 0.951 bits per heavy atom. The average molecular weight is 561 g/mol. The Morgan fingerprint density at radius 2 is 1.66 bits per heavy atom. The summed E-state index contributed by atoms with van der Waals surface area (Å²) in [5, 5.41) is 4.97. The Balaban J connectivity index is 1.69. The second-order valence-corrected chi connectivity index (χ2v) is 12.3. The average Bonchev–Trinajstić information content (AvgIpc) is 3.34. The van der Waals surface area contributed by atoms with Crippen molar-refractivity contribution < 1.29 is 14.3 Å². The first-order chi connectivity index (χ1) is 19.8. The van der Waals surface area contributed by atoms with Crippen LogP contribution in [0.2, 0.25) is 0 Å². The van der Waals surface area contributed by atoms with E-state index in [0.717, 1.165) is 67.7 Å². The number of carbonyl (C=O) groups is 2. The van der Waals surface area contributed by atoms with E-state index in [0.29, 0.717) is 23.0 Å². The van der Waals surface area contributed by atoms with Gasteiger partial charge in [-0.3, -0.25) is 4.79 Å². The van der Waals surface area contributed by atoms with E-state index in [2.05, 4.69) is 32.6 Å². The van der Waals surface area contributed by atoms with Gasteiger partial charge < -0.3 is 14.5 Å². The van der Waals surface area contributed by atoms with E-state index >= 15 is 0 Å². The largest absolute Gasteiger partial charge is 0.465 e. The van der Waals surface area contributed by atoms with Crippen molar-refractivity contribution >= 4 is 17.4 Å². The van der Waals surface area contributed by atoms with Crippen LogP contribution in [0.4, 0.5) is 0 Å². The summed E-state index contributed by atoms with van der Waals surface area (Å²) in [6, 6.07) is 11.4. The second-order valence-electron chi connectivity index (χ2n) is 12.3. The van der Waals surface area contributed by atoms with Gasteiger partial charge in [-0.15, -0.1) is 0 Å². The van der Waals surface area contributed by atoms with Gasteiger partial charge in [0.15, 0.2) is 0 Å². The molecule has 1 aromatic carbocycles. The third kappa shape index (κ3) is 8.19. The first-order valence-electron chi connectivity index (χ1n) is 15.5. The number of methoxy groups -OCH3 is 1. The molecular weight excluding hydrogens is 512 g/mol. The van der Waals surface area contributed by atoms with Gasteiger partial charge in [-0.25, -0.2) is 9.31 Å². The van der Waals surface area contributed by atoms with Gasteiger partial charge in [0.1, 0.15) is 0 Å². The highest BCUT2D eigenvalue weighted by molar-refractivity contribution is 5.96. The third-order valence-corrected chi connectivity index (χ3v) is 8.13. The zero-order valence-corrected chi connectivity index (χ0v) is 25.7. The lowest BCUT2D eigenvalue weighted by Crippen LogP contribution is -2.34. The highest BCUT2D eigenvalue weighted by Gasteiger charge is 2.21. The predicted octanol–water partition coefficient (Wildman–Crippen LogP) is 6.74. The molecule has 1 saturated heterocycles. The van der Waals surface area contributed by atoms with E-state index in [9.17, 15) is 9.59 Å². The monoisotopic (exact) mass is 560 g/mol. The van der Waals surface area contributed by atoms with Crippen molar-refractivity contribution in [1.29, 1.82) is 0 Å². The lowest BCUT2D eigenvalue weighted by Gasteiger charge is -2.26. The number of ether oxygens (including phenoxy) is 1. The summed E-state index contributed by atoms with van der Waals surface area (Å²) in [6.45, 7) is 13.7. The van der Waals surface area contributed by atoms with Crippen molar-refractivity contribution in [2.75, 3.05) is 39.8 Å². The summed E-state index contributed by atoms with van der Waals surface area (Å²) in [5.41, 5.74) is 5.03. The summed E-state index contributed by atoms with van der Waals surface area (Å²) in [7, 11) is 1.40. The van der Waals surface area contributed by atoms with Crippen molar-refractivity contribution in [3.63, 3.8) is 0 Å². The summed E-state index contributed by atoms with van der Waals surface area (Å²) in [5.74, 6) is 0.800. The molecule has 1 aliphatic rings. The number of pyridine rings is 1. The normalized spacial score (nSPS) is 14.2. The van der Waals surface area contributed by atoms with Crippen molar-refractivity contribution in [2.45, 2.75) is 72.6 Å². The predicted molar refractivity (Wildman–Crippen MR) is 165 cm³/mol. The molecule has 1 fully saturated rings. The number of nitrogens with zero attached hydrogens (tertiary/aromatic N) is 4. The van der Waals surface area contributed by atoms with Gasteiger partial charge in [-0.05, 0) is 94.3 Å². The summed E-state index contributed by atoms with van der Waals surface area (Å²) < 4.78 is 6.86. The number of rotatable bonds is 13. The van der Waals surface area contributed by atoms with Gasteiger partial charge in [0.2, 0.25) is 0 Å². The van der Waals surface area contributed by atoms with E-state index in [-0.39, 0.29) is 11.9 Å². The number of esters is 1. The number of aromatic nitrogens is 2. The molecule has 1 aliphatic heterocycles. The number of aryl methyl sites for hydroxylation is 1. The van der Waals surface area contributed by atoms with E-state index in [1.807, 2.05) is 45.9 Å². The molecule has 0 bridgehead atoms. The van der Waals surface area contributed by atoms with Crippen LogP contribution in [0.5, 0.6) is 0 Å². The number of fused-ring (bicyclic) bond motifs is 1. The molecule has 0 radical (unpaired) electrons. The zero-order chi connectivity index (χ0) is 29.4. The summed E-state index contributed by atoms with van der Waals surface area (Å²) >= 11 is 0. The second kappa shape index (κ2) is 14.6. The van der Waals surface area contributed by atoms with Crippen LogP contribution >= 0.6 is 0 Å². The van der Waals surface area contributed by atoms with Gasteiger partial charge in [0, 0.05) is 36.0 Å². The fourth-order valence-corrected chi connectivity index (χ4v) is 5.61. The van der Waals surface area contributed by atoms with Gasteiger partial charge in [0.05, 0.1) is 23.9 Å². The van der Waals surface area contributed by atoms with Crippen LogP contribution in [0.25, 0.3) is 16.8 Å². The molecule has 2 aromatic heterocycles. The number of amides is 1. The Kier molecular flexibility index (Phi) is 11.0. The van der Waals surface area contributed by atoms with E-state index in [4.69, 9.17) is 9.84 Å². The molecule has 7 nitrogen and oxygen atoms in total. The topological polar surface area (TPSA) is 67.1 Å². The highest BCUT2D eigenvalue weighted by Crippen LogP contribution is 2.29. The maximum Gasteiger partial charge on any atom is 0.337 e. The first kappa shape index (κ1) is 30.8. The van der Waals surface area contributed by atoms with Gasteiger partial charge in [0.25, 0.3) is 5.91 Å². The standard InChI is InChI=1S/C34H48N4O3/c1-25(2)14-20-37(21-15-26(3)4)33(39)28-16-22-38-31(24-28)30(13-10-19-36-17-7-6-8-18-36)32(35-38)27-11-9-12-29(23-27)34(40)41-5/h9,11-12,16,22-26H,6-8,10,13-15,17-21H2,1-5H3. The smallest absolute Gasteiger partial charge is 0.337 e. The van der Waals surface area contributed by atoms with E-state index in [1.54, 1.807) is 6.07 Å². The molecule has 4 rings (SSSR count). The minimum Gasteiger partial charge on any atom is -0.465 e. The Bertz CT molecular complexity index is 1290. The number of benzene rings is 1. The Hall–Kier alpha value is -3.19. The molecule has 3 aromatic rings. The van der Waals surface area contributed by atoms with Crippen molar-refractivity contribution in [3.05, 3.63) is 59.3 Å². The molecule has 1 amide bonds. The van der Waals surface area contributed by atoms with Gasteiger partial charge in [-0.2, -0.15) is 5.10 Å². The molecule has 3 heterocycles. The molecular formula is C34H48N4O3. The van der Waals surface area contributed by atoms with Crippen LogP contribution in [-0.2, 0) is 11.2 Å².